The number of aryl methyl sites for hydroxylation is 1. The third kappa shape index (κ3) is 2.17. The number of ether oxygens (including phenoxy) is 1. The van der Waals surface area contributed by atoms with Crippen LogP contribution in [0, 0.1) is 30.1 Å². The topological polar surface area (TPSA) is 65.2 Å². The van der Waals surface area contributed by atoms with Crippen LogP contribution >= 0.6 is 0 Å². The van der Waals surface area contributed by atoms with Crippen molar-refractivity contribution >= 4 is 5.97 Å². The first-order chi connectivity index (χ1) is 10.0. The highest BCUT2D eigenvalue weighted by Gasteiger charge is 2.55. The summed E-state index contributed by atoms with van der Waals surface area (Å²) in [5, 5.41) is 3.76. The molecule has 1 aromatic heterocycles. The standard InChI is InChI=1S/C16H22N2O3/c1-9(14-17-10(2)18-21-14)20-15(19)16-6-11-3-12(7-16)5-13(4-11)8-16/h9,11-13H,3-8H2,1-2H3. The van der Waals surface area contributed by atoms with E-state index < -0.39 is 6.10 Å². The highest BCUT2D eigenvalue weighted by atomic mass is 16.6. The minimum absolute atomic E-state index is 0.0371. The largest absolute Gasteiger partial charge is 0.452 e. The van der Waals surface area contributed by atoms with Gasteiger partial charge in [-0.25, -0.2) is 0 Å². The maximum Gasteiger partial charge on any atom is 0.312 e. The molecule has 4 aliphatic carbocycles. The van der Waals surface area contributed by atoms with Crippen molar-refractivity contribution in [2.75, 3.05) is 0 Å². The second-order valence-corrected chi connectivity index (χ2v) is 7.43. The Kier molecular flexibility index (Phi) is 2.88. The Hall–Kier alpha value is -1.39. The van der Waals surface area contributed by atoms with E-state index in [9.17, 15) is 4.79 Å². The molecule has 4 saturated carbocycles. The number of nitrogens with zero attached hydrogens (tertiary/aromatic N) is 2. The average molecular weight is 290 g/mol. The van der Waals surface area contributed by atoms with Crippen molar-refractivity contribution in [3.05, 3.63) is 11.7 Å². The van der Waals surface area contributed by atoms with Gasteiger partial charge in [-0.3, -0.25) is 4.79 Å². The summed E-state index contributed by atoms with van der Waals surface area (Å²) in [6, 6.07) is 0. The Labute approximate surface area is 124 Å². The molecule has 0 saturated heterocycles. The van der Waals surface area contributed by atoms with Gasteiger partial charge in [-0.1, -0.05) is 5.16 Å². The van der Waals surface area contributed by atoms with E-state index in [-0.39, 0.29) is 11.4 Å². The number of carbonyl (C=O) groups excluding carboxylic acids is 1. The maximum absolute atomic E-state index is 12.8. The van der Waals surface area contributed by atoms with Crippen molar-refractivity contribution in [3.8, 4) is 0 Å². The van der Waals surface area contributed by atoms with Crippen LogP contribution in [0.4, 0.5) is 0 Å². The number of esters is 1. The number of aromatic nitrogens is 2. The van der Waals surface area contributed by atoms with Crippen molar-refractivity contribution in [1.82, 2.24) is 10.1 Å². The molecule has 1 atom stereocenters. The lowest BCUT2D eigenvalue weighted by molar-refractivity contribution is -0.177. The summed E-state index contributed by atoms with van der Waals surface area (Å²) in [6.45, 7) is 3.58. The first-order valence-electron chi connectivity index (χ1n) is 8.05. The molecule has 1 aromatic rings. The summed E-state index contributed by atoms with van der Waals surface area (Å²) in [4.78, 5) is 16.9. The highest BCUT2D eigenvalue weighted by Crippen LogP contribution is 2.60. The fourth-order valence-corrected chi connectivity index (χ4v) is 5.17. The molecule has 114 valence electrons. The summed E-state index contributed by atoms with van der Waals surface area (Å²) in [7, 11) is 0. The molecule has 0 amide bonds. The Morgan fingerprint density at radius 2 is 1.81 bits per heavy atom. The van der Waals surface area contributed by atoms with Crippen molar-refractivity contribution in [1.29, 1.82) is 0 Å². The Morgan fingerprint density at radius 1 is 1.24 bits per heavy atom. The molecular formula is C16H22N2O3. The summed E-state index contributed by atoms with van der Waals surface area (Å²) in [5.41, 5.74) is -0.224. The van der Waals surface area contributed by atoms with E-state index in [1.165, 1.54) is 19.3 Å². The van der Waals surface area contributed by atoms with Gasteiger partial charge in [-0.05, 0) is 70.1 Å². The molecule has 4 fully saturated rings. The highest BCUT2D eigenvalue weighted by molar-refractivity contribution is 5.77. The SMILES string of the molecule is Cc1noc(C(C)OC(=O)C23CC4CC(CC(C4)C2)C3)n1. The lowest BCUT2D eigenvalue weighted by Crippen LogP contribution is -2.50. The van der Waals surface area contributed by atoms with E-state index in [2.05, 4.69) is 10.1 Å². The minimum atomic E-state index is -0.452. The number of hydrogen-bond acceptors (Lipinski definition) is 5. The summed E-state index contributed by atoms with van der Waals surface area (Å²) < 4.78 is 10.8. The van der Waals surface area contributed by atoms with Gasteiger partial charge in [0.2, 0.25) is 0 Å². The van der Waals surface area contributed by atoms with Crippen LogP contribution < -0.4 is 0 Å². The van der Waals surface area contributed by atoms with Gasteiger partial charge in [-0.2, -0.15) is 4.98 Å². The molecule has 0 aliphatic heterocycles. The monoisotopic (exact) mass is 290 g/mol. The van der Waals surface area contributed by atoms with Crippen LogP contribution in [0.5, 0.6) is 0 Å². The predicted octanol–water partition coefficient (Wildman–Crippen LogP) is 3.20. The van der Waals surface area contributed by atoms with Gasteiger partial charge in [-0.15, -0.1) is 0 Å². The normalized spacial score (nSPS) is 38.5. The Morgan fingerprint density at radius 3 is 2.29 bits per heavy atom. The zero-order valence-electron chi connectivity index (χ0n) is 12.7. The van der Waals surface area contributed by atoms with E-state index in [0.29, 0.717) is 11.7 Å². The summed E-state index contributed by atoms with van der Waals surface area (Å²) >= 11 is 0. The van der Waals surface area contributed by atoms with E-state index in [4.69, 9.17) is 9.26 Å². The van der Waals surface area contributed by atoms with Crippen molar-refractivity contribution in [2.45, 2.75) is 58.5 Å². The molecule has 0 N–H and O–H groups in total. The fourth-order valence-electron chi connectivity index (χ4n) is 5.17. The smallest absolute Gasteiger partial charge is 0.312 e. The van der Waals surface area contributed by atoms with Crippen molar-refractivity contribution in [2.24, 2.45) is 23.2 Å². The number of hydrogen-bond donors (Lipinski definition) is 0. The quantitative estimate of drug-likeness (QED) is 0.800. The van der Waals surface area contributed by atoms with Crippen LogP contribution in [0.1, 0.15) is 63.3 Å². The second-order valence-electron chi connectivity index (χ2n) is 7.43. The Bertz CT molecular complexity index is 530. The van der Waals surface area contributed by atoms with Crippen molar-refractivity contribution in [3.63, 3.8) is 0 Å². The molecule has 4 aliphatic rings. The summed E-state index contributed by atoms with van der Waals surface area (Å²) in [5.74, 6) is 3.15. The molecular weight excluding hydrogens is 268 g/mol. The maximum atomic E-state index is 12.8. The average Bonchev–Trinajstić information content (AvgIpc) is 2.84. The molecule has 5 heteroatoms. The molecule has 21 heavy (non-hydrogen) atoms. The number of carbonyl (C=O) groups is 1. The molecule has 0 radical (unpaired) electrons. The molecule has 5 rings (SSSR count). The third-order valence-corrected chi connectivity index (χ3v) is 5.65. The van der Waals surface area contributed by atoms with Crippen LogP contribution in [0.15, 0.2) is 4.52 Å². The zero-order chi connectivity index (χ0) is 14.6. The Balaban J connectivity index is 1.50. The van der Waals surface area contributed by atoms with Crippen LogP contribution in [0.2, 0.25) is 0 Å². The molecule has 1 unspecified atom stereocenters. The second kappa shape index (κ2) is 4.55. The van der Waals surface area contributed by atoms with Gasteiger partial charge in [0, 0.05) is 0 Å². The van der Waals surface area contributed by atoms with Gasteiger partial charge < -0.3 is 9.26 Å². The van der Waals surface area contributed by atoms with E-state index in [1.54, 1.807) is 6.92 Å². The van der Waals surface area contributed by atoms with E-state index >= 15 is 0 Å². The van der Waals surface area contributed by atoms with Gasteiger partial charge in [0.05, 0.1) is 5.41 Å². The van der Waals surface area contributed by atoms with Crippen molar-refractivity contribution < 1.29 is 14.1 Å². The molecule has 0 aromatic carbocycles. The molecule has 5 nitrogen and oxygen atoms in total. The number of rotatable bonds is 3. The molecule has 0 spiro atoms. The van der Waals surface area contributed by atoms with Gasteiger partial charge in [0.1, 0.15) is 0 Å². The predicted molar refractivity (Wildman–Crippen MR) is 74.1 cm³/mol. The van der Waals surface area contributed by atoms with Crippen LogP contribution in [0.25, 0.3) is 0 Å². The van der Waals surface area contributed by atoms with E-state index in [1.807, 2.05) is 6.92 Å². The lowest BCUT2D eigenvalue weighted by Gasteiger charge is -2.55. The molecule has 1 heterocycles. The zero-order valence-corrected chi connectivity index (χ0v) is 12.7. The van der Waals surface area contributed by atoms with Crippen LogP contribution in [-0.4, -0.2) is 16.1 Å². The van der Waals surface area contributed by atoms with Crippen LogP contribution in [-0.2, 0) is 9.53 Å². The third-order valence-electron chi connectivity index (χ3n) is 5.65. The first-order valence-corrected chi connectivity index (χ1v) is 8.05. The van der Waals surface area contributed by atoms with Gasteiger partial charge in [0.25, 0.3) is 5.89 Å². The van der Waals surface area contributed by atoms with Gasteiger partial charge >= 0.3 is 5.97 Å². The van der Waals surface area contributed by atoms with Gasteiger partial charge in [0.15, 0.2) is 11.9 Å². The summed E-state index contributed by atoms with van der Waals surface area (Å²) in [6.07, 6.45) is 6.58. The van der Waals surface area contributed by atoms with Crippen LogP contribution in [0.3, 0.4) is 0 Å². The lowest BCUT2D eigenvalue weighted by atomic mass is 9.49. The molecule has 4 bridgehead atoms. The van der Waals surface area contributed by atoms with E-state index in [0.717, 1.165) is 37.0 Å². The minimum Gasteiger partial charge on any atom is -0.452 e. The first kappa shape index (κ1) is 13.3. The fraction of sp³-hybridized carbons (Fsp3) is 0.812.